The number of aryl methyl sites for hydroxylation is 1. The maximum Gasteiger partial charge on any atom is 0.265 e. The van der Waals surface area contributed by atoms with Gasteiger partial charge in [0.1, 0.15) is 12.2 Å². The smallest absolute Gasteiger partial charge is 0.265 e. The number of ether oxygens (including phenoxy) is 1. The van der Waals surface area contributed by atoms with Gasteiger partial charge in [-0.3, -0.25) is 4.68 Å². The summed E-state index contributed by atoms with van der Waals surface area (Å²) in [7, 11) is -3.89. The van der Waals surface area contributed by atoms with E-state index in [2.05, 4.69) is 5.10 Å². The lowest BCUT2D eigenvalue weighted by Crippen LogP contribution is -2.49. The normalized spacial score (nSPS) is 24.4. The van der Waals surface area contributed by atoms with E-state index >= 15 is 0 Å². The third-order valence-corrected chi connectivity index (χ3v) is 6.79. The van der Waals surface area contributed by atoms with E-state index in [1.165, 1.54) is 12.1 Å². The first kappa shape index (κ1) is 18.5. The van der Waals surface area contributed by atoms with E-state index in [9.17, 15) is 17.2 Å². The zero-order chi connectivity index (χ0) is 19.2. The summed E-state index contributed by atoms with van der Waals surface area (Å²) in [5.41, 5.74) is 1.54. The molecule has 6 nitrogen and oxygen atoms in total. The molecule has 9 heteroatoms. The minimum Gasteiger partial charge on any atom is -0.361 e. The highest BCUT2D eigenvalue weighted by molar-refractivity contribution is 7.89. The van der Waals surface area contributed by atoms with Crippen LogP contribution in [-0.2, 0) is 14.8 Å². The molecule has 2 aliphatic rings. The van der Waals surface area contributed by atoms with Crippen LogP contribution in [0.2, 0.25) is 0 Å². The molecule has 1 saturated carbocycles. The molecule has 0 N–H and O–H groups in total. The Balaban J connectivity index is 1.61. The van der Waals surface area contributed by atoms with Gasteiger partial charge in [-0.15, -0.1) is 0 Å². The summed E-state index contributed by atoms with van der Waals surface area (Å²) in [6, 6.07) is 6.72. The van der Waals surface area contributed by atoms with Gasteiger partial charge in [0.05, 0.1) is 17.1 Å². The average molecular weight is 397 g/mol. The van der Waals surface area contributed by atoms with Crippen LogP contribution in [0.1, 0.15) is 36.1 Å². The molecule has 1 aromatic heterocycles. The Morgan fingerprint density at radius 3 is 2.52 bits per heavy atom. The van der Waals surface area contributed by atoms with E-state index in [0.29, 0.717) is 11.6 Å². The van der Waals surface area contributed by atoms with E-state index in [1.807, 2.05) is 6.92 Å². The van der Waals surface area contributed by atoms with Crippen LogP contribution in [0.25, 0.3) is 0 Å². The van der Waals surface area contributed by atoms with Crippen molar-refractivity contribution in [1.82, 2.24) is 14.1 Å². The quantitative estimate of drug-likeness (QED) is 0.778. The lowest BCUT2D eigenvalue weighted by atomic mass is 10.1. The Bertz CT molecular complexity index is 910. The number of halogens is 2. The van der Waals surface area contributed by atoms with Gasteiger partial charge in [0.15, 0.2) is 0 Å². The molecule has 1 saturated heterocycles. The summed E-state index contributed by atoms with van der Waals surface area (Å²) in [4.78, 5) is 0.0930. The second-order valence-corrected chi connectivity index (χ2v) is 9.06. The highest BCUT2D eigenvalue weighted by atomic mass is 32.2. The van der Waals surface area contributed by atoms with Gasteiger partial charge in [0.2, 0.25) is 10.0 Å². The predicted octanol–water partition coefficient (Wildman–Crippen LogP) is 2.92. The van der Waals surface area contributed by atoms with Crippen molar-refractivity contribution in [1.29, 1.82) is 0 Å². The number of morpholine rings is 1. The molecule has 0 amide bonds. The van der Waals surface area contributed by atoms with E-state index in [1.54, 1.807) is 29.2 Å². The monoisotopic (exact) mass is 397 g/mol. The number of sulfonamides is 1. The van der Waals surface area contributed by atoms with Gasteiger partial charge < -0.3 is 4.74 Å². The first-order valence-corrected chi connectivity index (χ1v) is 10.3. The molecule has 2 atom stereocenters. The molecule has 4 rings (SSSR count). The zero-order valence-corrected chi connectivity index (χ0v) is 15.6. The molecule has 2 heterocycles. The van der Waals surface area contributed by atoms with Crippen LogP contribution in [0.3, 0.4) is 0 Å². The van der Waals surface area contributed by atoms with Crippen molar-refractivity contribution < 1.29 is 21.9 Å². The van der Waals surface area contributed by atoms with Crippen molar-refractivity contribution in [3.63, 3.8) is 0 Å². The third kappa shape index (κ3) is 3.76. The van der Waals surface area contributed by atoms with Gasteiger partial charge in [-0.05, 0) is 31.9 Å². The molecule has 1 aliphatic carbocycles. The lowest BCUT2D eigenvalue weighted by molar-refractivity contribution is -0.128. The Hall–Kier alpha value is -1.84. The molecular weight excluding hydrogens is 376 g/mol. The largest absolute Gasteiger partial charge is 0.361 e. The fraction of sp³-hybridized carbons (Fsp3) is 0.500. The molecule has 2 fully saturated rings. The number of rotatable bonds is 5. The minimum atomic E-state index is -3.89. The van der Waals surface area contributed by atoms with Crippen LogP contribution < -0.4 is 0 Å². The standard InChI is InChI=1S/C18H21F2N3O3S/c1-12-2-6-15(7-3-12)27(24,25)22-10-16(26-17(11-22)18(19)20)13-8-21-23(9-13)14-4-5-14/h2-3,6-9,14,16-18H,4-5,10-11H2,1H3/t16-,17+/m1/s1. The predicted molar refractivity (Wildman–Crippen MR) is 94.1 cm³/mol. The summed E-state index contributed by atoms with van der Waals surface area (Å²) in [6.45, 7) is 1.46. The van der Waals surface area contributed by atoms with Crippen LogP contribution in [0, 0.1) is 6.92 Å². The molecule has 2 aromatic rings. The number of hydrogen-bond acceptors (Lipinski definition) is 4. The number of aromatic nitrogens is 2. The lowest BCUT2D eigenvalue weighted by Gasteiger charge is -2.36. The summed E-state index contributed by atoms with van der Waals surface area (Å²) >= 11 is 0. The zero-order valence-electron chi connectivity index (χ0n) is 14.8. The molecule has 146 valence electrons. The van der Waals surface area contributed by atoms with Crippen LogP contribution in [0.5, 0.6) is 0 Å². The first-order valence-electron chi connectivity index (χ1n) is 8.89. The summed E-state index contributed by atoms with van der Waals surface area (Å²) in [6.07, 6.45) is 0.404. The van der Waals surface area contributed by atoms with Crippen LogP contribution in [0.4, 0.5) is 8.78 Å². The molecule has 1 aromatic carbocycles. The highest BCUT2D eigenvalue weighted by Gasteiger charge is 2.40. The summed E-state index contributed by atoms with van der Waals surface area (Å²) < 4.78 is 61.2. The van der Waals surface area contributed by atoms with Crippen molar-refractivity contribution >= 4 is 10.0 Å². The molecule has 27 heavy (non-hydrogen) atoms. The van der Waals surface area contributed by atoms with Crippen molar-refractivity contribution in [2.24, 2.45) is 0 Å². The second-order valence-electron chi connectivity index (χ2n) is 7.12. The molecule has 0 spiro atoms. The Kier molecular flexibility index (Phi) is 4.77. The van der Waals surface area contributed by atoms with Crippen LogP contribution in [-0.4, -0.2) is 48.1 Å². The molecule has 1 aliphatic heterocycles. The Labute approximate surface area is 156 Å². The minimum absolute atomic E-state index is 0.0181. The van der Waals surface area contributed by atoms with Crippen LogP contribution >= 0.6 is 0 Å². The van der Waals surface area contributed by atoms with Gasteiger partial charge in [-0.25, -0.2) is 17.2 Å². The van der Waals surface area contributed by atoms with Gasteiger partial charge in [0.25, 0.3) is 6.43 Å². The maximum absolute atomic E-state index is 13.4. The van der Waals surface area contributed by atoms with E-state index in [0.717, 1.165) is 22.7 Å². The molecule has 0 radical (unpaired) electrons. The molecule has 0 bridgehead atoms. The van der Waals surface area contributed by atoms with E-state index in [-0.39, 0.29) is 18.0 Å². The van der Waals surface area contributed by atoms with Crippen molar-refractivity contribution in [2.45, 2.75) is 49.3 Å². The third-order valence-electron chi connectivity index (χ3n) is 4.95. The van der Waals surface area contributed by atoms with Crippen LogP contribution in [0.15, 0.2) is 41.6 Å². The molecular formula is C18H21F2N3O3S. The van der Waals surface area contributed by atoms with E-state index < -0.39 is 28.7 Å². The van der Waals surface area contributed by atoms with Gasteiger partial charge >= 0.3 is 0 Å². The SMILES string of the molecule is Cc1ccc(S(=O)(=O)N2C[C@@H](C(F)F)O[C@@H](c3cnn(C4CC4)c3)C2)cc1. The fourth-order valence-corrected chi connectivity index (χ4v) is 4.65. The summed E-state index contributed by atoms with van der Waals surface area (Å²) in [5, 5.41) is 4.26. The fourth-order valence-electron chi connectivity index (χ4n) is 3.19. The highest BCUT2D eigenvalue weighted by Crippen LogP contribution is 2.36. The summed E-state index contributed by atoms with van der Waals surface area (Å²) in [5.74, 6) is 0. The average Bonchev–Trinajstić information content (AvgIpc) is 3.38. The van der Waals surface area contributed by atoms with Crippen molar-refractivity contribution in [3.05, 3.63) is 47.8 Å². The van der Waals surface area contributed by atoms with Gasteiger partial charge in [0, 0.05) is 24.8 Å². The Morgan fingerprint density at radius 2 is 1.89 bits per heavy atom. The maximum atomic E-state index is 13.4. The van der Waals surface area contributed by atoms with Gasteiger partial charge in [-0.1, -0.05) is 17.7 Å². The Morgan fingerprint density at radius 1 is 1.19 bits per heavy atom. The number of nitrogens with zero attached hydrogens (tertiary/aromatic N) is 3. The van der Waals surface area contributed by atoms with Gasteiger partial charge in [-0.2, -0.15) is 9.40 Å². The number of alkyl halides is 2. The second kappa shape index (κ2) is 6.96. The number of benzene rings is 1. The van der Waals surface area contributed by atoms with Crippen molar-refractivity contribution in [3.8, 4) is 0 Å². The first-order chi connectivity index (χ1) is 12.8. The molecule has 0 unspecified atom stereocenters. The number of hydrogen-bond donors (Lipinski definition) is 0. The van der Waals surface area contributed by atoms with Crippen molar-refractivity contribution in [2.75, 3.05) is 13.1 Å². The van der Waals surface area contributed by atoms with E-state index in [4.69, 9.17) is 4.74 Å². The topological polar surface area (TPSA) is 64.4 Å².